The van der Waals surface area contributed by atoms with Gasteiger partial charge in [-0.15, -0.1) is 0 Å². The van der Waals surface area contributed by atoms with Crippen LogP contribution < -0.4 is 5.32 Å². The molecule has 1 unspecified atom stereocenters. The molecule has 2 heterocycles. The lowest BCUT2D eigenvalue weighted by molar-refractivity contribution is -0.129. The molecule has 0 saturated carbocycles. The van der Waals surface area contributed by atoms with Gasteiger partial charge in [0.2, 0.25) is 5.91 Å². The van der Waals surface area contributed by atoms with Crippen LogP contribution in [0.1, 0.15) is 36.2 Å². The summed E-state index contributed by atoms with van der Waals surface area (Å²) in [7, 11) is 0. The maximum absolute atomic E-state index is 13.7. The highest BCUT2D eigenvalue weighted by Crippen LogP contribution is 2.30. The zero-order chi connectivity index (χ0) is 17.3. The molecule has 1 aromatic carbocycles. The molecular weight excluding hydrogens is 373 g/mol. The number of hydrogen-bond acceptors (Lipinski definition) is 3. The van der Waals surface area contributed by atoms with E-state index in [1.54, 1.807) is 17.9 Å². The number of pyridine rings is 1. The zero-order valence-corrected chi connectivity index (χ0v) is 15.2. The van der Waals surface area contributed by atoms with E-state index in [4.69, 9.17) is 0 Å². The van der Waals surface area contributed by atoms with Gasteiger partial charge in [-0.05, 0) is 64.7 Å². The molecule has 2 aromatic rings. The average Bonchev–Trinajstić information content (AvgIpc) is 2.70. The van der Waals surface area contributed by atoms with Gasteiger partial charge in [-0.3, -0.25) is 4.79 Å². The summed E-state index contributed by atoms with van der Waals surface area (Å²) in [5, 5.41) is 3.43. The van der Waals surface area contributed by atoms with E-state index in [0.29, 0.717) is 13.1 Å². The second-order valence-corrected chi connectivity index (χ2v) is 6.89. The Morgan fingerprint density at radius 3 is 2.88 bits per heavy atom. The fourth-order valence-electron chi connectivity index (χ4n) is 3.00. The first-order valence-electron chi connectivity index (χ1n) is 7.87. The Morgan fingerprint density at radius 2 is 2.17 bits per heavy atom. The number of carbonyl (C=O) groups excluding carboxylic acids is 1. The number of aryl methyl sites for hydroxylation is 1. The Balaban J connectivity index is 1.93. The van der Waals surface area contributed by atoms with Gasteiger partial charge in [-0.25, -0.2) is 9.37 Å². The Kier molecular flexibility index (Phi) is 4.85. The number of hydrogen-bond donors (Lipinski definition) is 1. The molecule has 1 N–H and O–H groups in total. The Bertz CT molecular complexity index is 781. The van der Waals surface area contributed by atoms with Crippen LogP contribution in [0.25, 0.3) is 0 Å². The quantitative estimate of drug-likeness (QED) is 0.834. The second kappa shape index (κ2) is 6.89. The summed E-state index contributed by atoms with van der Waals surface area (Å²) < 4.78 is 14.6. The molecule has 3 rings (SSSR count). The number of nitrogens with zero attached hydrogens (tertiary/aromatic N) is 2. The Hall–Kier alpha value is -1.95. The van der Waals surface area contributed by atoms with Gasteiger partial charge >= 0.3 is 0 Å². The number of rotatable bonds is 2. The Labute approximate surface area is 149 Å². The summed E-state index contributed by atoms with van der Waals surface area (Å²) in [6.45, 7) is 4.54. The molecule has 0 fully saturated rings. The standard InChI is InChI=1S/C18H19BrFN3O/c1-11-16(19)5-6-18(21-11)22-17-7-8-23(12(2)24)10-13-9-14(20)3-4-15(13)17/h3-6,9,17H,7-8,10H2,1-2H3,(H,21,22). The van der Waals surface area contributed by atoms with Crippen LogP contribution in [0, 0.1) is 12.7 Å². The van der Waals surface area contributed by atoms with E-state index in [1.807, 2.05) is 19.1 Å². The third kappa shape index (κ3) is 3.59. The van der Waals surface area contributed by atoms with Crippen molar-refractivity contribution in [2.75, 3.05) is 11.9 Å². The molecule has 1 aliphatic heterocycles. The lowest BCUT2D eigenvalue weighted by atomic mass is 9.99. The van der Waals surface area contributed by atoms with E-state index in [9.17, 15) is 9.18 Å². The van der Waals surface area contributed by atoms with Crippen LogP contribution in [-0.2, 0) is 11.3 Å². The maximum Gasteiger partial charge on any atom is 0.219 e. The predicted molar refractivity (Wildman–Crippen MR) is 95.1 cm³/mol. The number of carbonyl (C=O) groups is 1. The zero-order valence-electron chi connectivity index (χ0n) is 13.6. The van der Waals surface area contributed by atoms with Crippen molar-refractivity contribution in [3.63, 3.8) is 0 Å². The van der Waals surface area contributed by atoms with Crippen molar-refractivity contribution in [2.45, 2.75) is 32.9 Å². The smallest absolute Gasteiger partial charge is 0.219 e. The van der Waals surface area contributed by atoms with E-state index in [0.717, 1.165) is 33.5 Å². The third-order valence-electron chi connectivity index (χ3n) is 4.32. The van der Waals surface area contributed by atoms with Crippen molar-refractivity contribution in [1.29, 1.82) is 0 Å². The highest BCUT2D eigenvalue weighted by atomic mass is 79.9. The summed E-state index contributed by atoms with van der Waals surface area (Å²) in [6, 6.07) is 8.64. The van der Waals surface area contributed by atoms with Crippen molar-refractivity contribution < 1.29 is 9.18 Å². The van der Waals surface area contributed by atoms with Crippen molar-refractivity contribution in [3.05, 3.63) is 57.4 Å². The molecule has 126 valence electrons. The van der Waals surface area contributed by atoms with Crippen LogP contribution in [0.2, 0.25) is 0 Å². The molecule has 24 heavy (non-hydrogen) atoms. The Morgan fingerprint density at radius 1 is 1.38 bits per heavy atom. The second-order valence-electron chi connectivity index (χ2n) is 6.03. The van der Waals surface area contributed by atoms with Gasteiger partial charge in [0.15, 0.2) is 0 Å². The summed E-state index contributed by atoms with van der Waals surface area (Å²) in [4.78, 5) is 18.1. The molecular formula is C18H19BrFN3O. The van der Waals surface area contributed by atoms with Crippen LogP contribution >= 0.6 is 15.9 Å². The summed E-state index contributed by atoms with van der Waals surface area (Å²) in [5.74, 6) is 0.492. The van der Waals surface area contributed by atoms with E-state index in [2.05, 4.69) is 26.2 Å². The molecule has 1 aliphatic rings. The molecule has 6 heteroatoms. The number of aromatic nitrogens is 1. The topological polar surface area (TPSA) is 45.2 Å². The number of anilines is 1. The van der Waals surface area contributed by atoms with E-state index >= 15 is 0 Å². The number of benzene rings is 1. The van der Waals surface area contributed by atoms with Gasteiger partial charge in [-0.2, -0.15) is 0 Å². The number of amides is 1. The highest BCUT2D eigenvalue weighted by molar-refractivity contribution is 9.10. The molecule has 0 radical (unpaired) electrons. The van der Waals surface area contributed by atoms with Gasteiger partial charge < -0.3 is 10.2 Å². The summed E-state index contributed by atoms with van der Waals surface area (Å²) in [6.07, 6.45) is 0.745. The minimum absolute atomic E-state index is 0.00322. The SMILES string of the molecule is CC(=O)N1CCC(Nc2ccc(Br)c(C)n2)c2ccc(F)cc2C1. The number of halogens is 2. The lowest BCUT2D eigenvalue weighted by Gasteiger charge is -2.20. The van der Waals surface area contributed by atoms with Gasteiger partial charge in [0.25, 0.3) is 0 Å². The van der Waals surface area contributed by atoms with E-state index < -0.39 is 0 Å². The first kappa shape index (κ1) is 16.9. The van der Waals surface area contributed by atoms with Crippen LogP contribution in [-0.4, -0.2) is 22.3 Å². The molecule has 1 aromatic heterocycles. The van der Waals surface area contributed by atoms with Gasteiger partial charge in [0, 0.05) is 24.5 Å². The van der Waals surface area contributed by atoms with Crippen LogP contribution in [0.4, 0.5) is 10.2 Å². The van der Waals surface area contributed by atoms with Crippen molar-refractivity contribution >= 4 is 27.7 Å². The highest BCUT2D eigenvalue weighted by Gasteiger charge is 2.24. The van der Waals surface area contributed by atoms with Gasteiger partial charge in [-0.1, -0.05) is 6.07 Å². The first-order chi connectivity index (χ1) is 11.4. The largest absolute Gasteiger partial charge is 0.363 e. The minimum atomic E-state index is -0.282. The van der Waals surface area contributed by atoms with E-state index in [-0.39, 0.29) is 17.8 Å². The van der Waals surface area contributed by atoms with Crippen LogP contribution in [0.5, 0.6) is 0 Å². The number of nitrogens with one attached hydrogen (secondary N) is 1. The maximum atomic E-state index is 13.7. The van der Waals surface area contributed by atoms with Crippen molar-refractivity contribution in [2.24, 2.45) is 0 Å². The molecule has 0 aliphatic carbocycles. The van der Waals surface area contributed by atoms with Crippen LogP contribution in [0.15, 0.2) is 34.8 Å². The molecule has 1 atom stereocenters. The molecule has 1 amide bonds. The van der Waals surface area contributed by atoms with Crippen LogP contribution in [0.3, 0.4) is 0 Å². The summed E-state index contributed by atoms with van der Waals surface area (Å²) >= 11 is 3.45. The van der Waals surface area contributed by atoms with E-state index in [1.165, 1.54) is 12.1 Å². The summed E-state index contributed by atoms with van der Waals surface area (Å²) in [5.41, 5.74) is 2.76. The third-order valence-corrected chi connectivity index (χ3v) is 5.16. The first-order valence-corrected chi connectivity index (χ1v) is 8.67. The molecule has 0 bridgehead atoms. The fourth-order valence-corrected chi connectivity index (χ4v) is 3.22. The van der Waals surface area contributed by atoms with Crippen molar-refractivity contribution in [3.8, 4) is 0 Å². The lowest BCUT2D eigenvalue weighted by Crippen LogP contribution is -2.28. The predicted octanol–water partition coefficient (Wildman–Crippen LogP) is 4.20. The van der Waals surface area contributed by atoms with Gasteiger partial charge in [0.1, 0.15) is 11.6 Å². The normalized spacial score (nSPS) is 17.2. The van der Waals surface area contributed by atoms with Crippen molar-refractivity contribution in [1.82, 2.24) is 9.88 Å². The molecule has 0 spiro atoms. The number of fused-ring (bicyclic) bond motifs is 1. The molecule has 0 saturated heterocycles. The monoisotopic (exact) mass is 391 g/mol. The average molecular weight is 392 g/mol. The van der Waals surface area contributed by atoms with Gasteiger partial charge in [0.05, 0.1) is 11.7 Å². The molecule has 4 nitrogen and oxygen atoms in total. The fraction of sp³-hybridized carbons (Fsp3) is 0.333. The minimum Gasteiger partial charge on any atom is -0.363 e.